The summed E-state index contributed by atoms with van der Waals surface area (Å²) in [6, 6.07) is 7.02. The molecule has 124 valence electrons. The summed E-state index contributed by atoms with van der Waals surface area (Å²) in [5, 5.41) is 12.9. The molecule has 1 aromatic heterocycles. The van der Waals surface area contributed by atoms with Crippen molar-refractivity contribution in [1.82, 2.24) is 10.2 Å². The van der Waals surface area contributed by atoms with Crippen molar-refractivity contribution in [2.75, 3.05) is 5.43 Å². The van der Waals surface area contributed by atoms with Crippen molar-refractivity contribution in [2.24, 2.45) is 10.5 Å². The summed E-state index contributed by atoms with van der Waals surface area (Å²) in [5.41, 5.74) is 0.404. The number of aromatic nitrogens is 2. The largest absolute Gasteiger partial charge is 0.403 e. The summed E-state index contributed by atoms with van der Waals surface area (Å²) in [5.74, 6) is 0.235. The number of nitrogens with zero attached hydrogens (tertiary/aromatic N) is 3. The Bertz CT molecular complexity index is 845. The second-order valence-corrected chi connectivity index (χ2v) is 5.64. The van der Waals surface area contributed by atoms with Crippen LogP contribution in [0, 0.1) is 5.41 Å². The van der Waals surface area contributed by atoms with Crippen molar-refractivity contribution in [2.45, 2.75) is 12.6 Å². The van der Waals surface area contributed by atoms with E-state index in [1.807, 2.05) is 0 Å². The van der Waals surface area contributed by atoms with Crippen molar-refractivity contribution < 1.29 is 13.2 Å². The van der Waals surface area contributed by atoms with Gasteiger partial charge in [0.25, 0.3) is 0 Å². The highest BCUT2D eigenvalue weighted by Gasteiger charge is 2.51. The Morgan fingerprint density at radius 2 is 1.92 bits per heavy atom. The summed E-state index contributed by atoms with van der Waals surface area (Å²) in [4.78, 5) is 0. The molecule has 1 aliphatic rings. The maximum Gasteiger partial charge on any atom is 0.403 e. The van der Waals surface area contributed by atoms with Gasteiger partial charge in [-0.2, -0.15) is 18.3 Å². The monoisotopic (exact) mass is 352 g/mol. The lowest BCUT2D eigenvalue weighted by Crippen LogP contribution is -2.38. The van der Waals surface area contributed by atoms with Gasteiger partial charge in [0.15, 0.2) is 11.0 Å². The Labute approximate surface area is 140 Å². The number of hydrogen-bond donors (Lipinski definition) is 1. The second kappa shape index (κ2) is 6.24. The van der Waals surface area contributed by atoms with E-state index in [0.29, 0.717) is 10.8 Å². The summed E-state index contributed by atoms with van der Waals surface area (Å²) in [7, 11) is 0. The van der Waals surface area contributed by atoms with Crippen LogP contribution in [0.1, 0.15) is 6.42 Å². The average Bonchev–Trinajstić information content (AvgIpc) is 2.57. The topological polar surface area (TPSA) is 50.2 Å². The number of allylic oxidation sites excluding steroid dienone is 4. The van der Waals surface area contributed by atoms with Gasteiger partial charge in [-0.3, -0.25) is 5.43 Å². The van der Waals surface area contributed by atoms with Gasteiger partial charge >= 0.3 is 6.18 Å². The van der Waals surface area contributed by atoms with Gasteiger partial charge in [0, 0.05) is 17.0 Å². The molecule has 4 nitrogen and oxygen atoms in total. The normalized spacial score (nSPS) is 20.8. The first-order chi connectivity index (χ1) is 11.4. The molecule has 24 heavy (non-hydrogen) atoms. The SMILES string of the molecule is FC(F)(F)C1(C=NNc2nnc(Cl)c3ccccc23)C=CC=CC1. The Morgan fingerprint density at radius 3 is 2.58 bits per heavy atom. The van der Waals surface area contributed by atoms with Crippen LogP contribution in [-0.4, -0.2) is 22.6 Å². The maximum atomic E-state index is 13.4. The molecule has 1 heterocycles. The van der Waals surface area contributed by atoms with E-state index in [4.69, 9.17) is 11.6 Å². The predicted octanol–water partition coefficient (Wildman–Crippen LogP) is 4.75. The number of rotatable bonds is 3. The van der Waals surface area contributed by atoms with Gasteiger partial charge in [-0.15, -0.1) is 10.2 Å². The number of alkyl halides is 3. The van der Waals surface area contributed by atoms with Crippen LogP contribution in [0.4, 0.5) is 19.0 Å². The van der Waals surface area contributed by atoms with Gasteiger partial charge in [-0.1, -0.05) is 60.2 Å². The van der Waals surface area contributed by atoms with E-state index in [9.17, 15) is 13.2 Å². The summed E-state index contributed by atoms with van der Waals surface area (Å²) in [6.07, 6.45) is 1.67. The van der Waals surface area contributed by atoms with Crippen molar-refractivity contribution >= 4 is 34.4 Å². The molecule has 0 aliphatic heterocycles. The average molecular weight is 353 g/mol. The number of benzene rings is 1. The molecule has 0 bridgehead atoms. The highest BCUT2D eigenvalue weighted by atomic mass is 35.5. The fraction of sp³-hybridized carbons (Fsp3) is 0.188. The smallest absolute Gasteiger partial charge is 0.260 e. The van der Waals surface area contributed by atoms with E-state index in [1.54, 1.807) is 30.3 Å². The van der Waals surface area contributed by atoms with Gasteiger partial charge in [-0.25, -0.2) is 0 Å². The number of hydrogen-bond acceptors (Lipinski definition) is 4. The highest BCUT2D eigenvalue weighted by molar-refractivity contribution is 6.34. The third kappa shape index (κ3) is 2.99. The molecule has 1 unspecified atom stereocenters. The molecule has 0 amide bonds. The van der Waals surface area contributed by atoms with Gasteiger partial charge in [0.1, 0.15) is 5.41 Å². The fourth-order valence-corrected chi connectivity index (χ4v) is 2.58. The lowest BCUT2D eigenvalue weighted by atomic mass is 9.82. The van der Waals surface area contributed by atoms with Crippen LogP contribution in [0.25, 0.3) is 10.8 Å². The molecule has 1 atom stereocenters. The molecule has 0 fully saturated rings. The summed E-state index contributed by atoms with van der Waals surface area (Å²) in [6.45, 7) is 0. The standard InChI is InChI=1S/C16H12ClF3N4/c17-13-11-6-2-3-7-12(11)14(24-22-13)23-21-10-15(16(18,19)20)8-4-1-5-9-15/h1-8,10H,9H2,(H,23,24). The molecule has 1 aromatic carbocycles. The zero-order valence-electron chi connectivity index (χ0n) is 12.3. The molecule has 3 rings (SSSR count). The van der Waals surface area contributed by atoms with E-state index in [-0.39, 0.29) is 17.4 Å². The first-order valence-corrected chi connectivity index (χ1v) is 7.43. The van der Waals surface area contributed by atoms with E-state index in [0.717, 1.165) is 12.3 Å². The van der Waals surface area contributed by atoms with E-state index >= 15 is 0 Å². The minimum atomic E-state index is -4.45. The Morgan fingerprint density at radius 1 is 1.17 bits per heavy atom. The Balaban J connectivity index is 1.90. The molecule has 0 saturated heterocycles. The number of anilines is 1. The predicted molar refractivity (Wildman–Crippen MR) is 88.0 cm³/mol. The molecular formula is C16H12ClF3N4. The first-order valence-electron chi connectivity index (χ1n) is 7.05. The number of hydrazone groups is 1. The van der Waals surface area contributed by atoms with Crippen LogP contribution in [-0.2, 0) is 0 Å². The molecule has 1 aliphatic carbocycles. The van der Waals surface area contributed by atoms with Crippen molar-refractivity contribution in [3.05, 3.63) is 53.7 Å². The van der Waals surface area contributed by atoms with Crippen molar-refractivity contribution in [3.8, 4) is 0 Å². The third-order valence-electron chi connectivity index (χ3n) is 3.73. The minimum absolute atomic E-state index is 0.203. The maximum absolute atomic E-state index is 13.4. The first kappa shape index (κ1) is 16.4. The van der Waals surface area contributed by atoms with Gasteiger partial charge < -0.3 is 0 Å². The highest BCUT2D eigenvalue weighted by Crippen LogP contribution is 2.42. The Hall–Kier alpha value is -2.41. The van der Waals surface area contributed by atoms with E-state index < -0.39 is 11.6 Å². The minimum Gasteiger partial charge on any atom is -0.260 e. The lowest BCUT2D eigenvalue weighted by molar-refractivity contribution is -0.179. The van der Waals surface area contributed by atoms with Gasteiger partial charge in [0.05, 0.1) is 0 Å². The van der Waals surface area contributed by atoms with Gasteiger partial charge in [-0.05, 0) is 6.42 Å². The van der Waals surface area contributed by atoms with Crippen LogP contribution in [0.2, 0.25) is 5.15 Å². The van der Waals surface area contributed by atoms with Crippen LogP contribution in [0.3, 0.4) is 0 Å². The van der Waals surface area contributed by atoms with E-state index in [1.165, 1.54) is 12.2 Å². The molecule has 0 saturated carbocycles. The lowest BCUT2D eigenvalue weighted by Gasteiger charge is -2.29. The quantitative estimate of drug-likeness (QED) is 0.641. The van der Waals surface area contributed by atoms with Crippen molar-refractivity contribution in [1.29, 1.82) is 0 Å². The molecule has 8 heteroatoms. The number of nitrogens with one attached hydrogen (secondary N) is 1. The Kier molecular flexibility index (Phi) is 4.28. The van der Waals surface area contributed by atoms with Gasteiger partial charge in [0.2, 0.25) is 0 Å². The molecule has 2 aromatic rings. The molecule has 0 radical (unpaired) electrons. The molecule has 1 N–H and O–H groups in total. The molecule has 0 spiro atoms. The van der Waals surface area contributed by atoms with Crippen LogP contribution >= 0.6 is 11.6 Å². The zero-order valence-corrected chi connectivity index (χ0v) is 13.0. The van der Waals surface area contributed by atoms with Crippen LogP contribution in [0.15, 0.2) is 53.7 Å². The summed E-state index contributed by atoms with van der Waals surface area (Å²) >= 11 is 5.96. The van der Waals surface area contributed by atoms with Crippen molar-refractivity contribution in [3.63, 3.8) is 0 Å². The third-order valence-corrected chi connectivity index (χ3v) is 4.01. The second-order valence-electron chi connectivity index (χ2n) is 5.28. The van der Waals surface area contributed by atoms with Crippen LogP contribution < -0.4 is 5.43 Å². The molecular weight excluding hydrogens is 341 g/mol. The fourth-order valence-electron chi connectivity index (χ4n) is 2.38. The summed E-state index contributed by atoms with van der Waals surface area (Å²) < 4.78 is 40.1. The van der Waals surface area contributed by atoms with Crippen LogP contribution in [0.5, 0.6) is 0 Å². The van der Waals surface area contributed by atoms with E-state index in [2.05, 4.69) is 20.7 Å². The number of fused-ring (bicyclic) bond motifs is 1. The number of halogens is 4. The zero-order chi connectivity index (χ0) is 17.2.